The standard InChI is InChI=1S/C16H26N2O/c1-5-18-15(10-14-6-8-17-9-7-14)16-11(2)12(3)19-13(16)4/h6-9,11-13,15-16,18H,5,10H2,1-4H3. The summed E-state index contributed by atoms with van der Waals surface area (Å²) in [5, 5.41) is 3.65. The molecule has 0 saturated carbocycles. The van der Waals surface area contributed by atoms with Crippen molar-refractivity contribution in [1.82, 2.24) is 10.3 Å². The molecule has 1 saturated heterocycles. The third kappa shape index (κ3) is 3.34. The molecule has 1 aromatic rings. The molecule has 5 unspecified atom stereocenters. The maximum atomic E-state index is 6.00. The molecule has 3 heteroatoms. The summed E-state index contributed by atoms with van der Waals surface area (Å²) in [6.45, 7) is 9.89. The van der Waals surface area contributed by atoms with Gasteiger partial charge in [-0.3, -0.25) is 4.98 Å². The van der Waals surface area contributed by atoms with Gasteiger partial charge in [0.1, 0.15) is 0 Å². The van der Waals surface area contributed by atoms with Crippen LogP contribution in [-0.2, 0) is 11.2 Å². The van der Waals surface area contributed by atoms with Crippen LogP contribution in [0.4, 0.5) is 0 Å². The van der Waals surface area contributed by atoms with Crippen molar-refractivity contribution in [2.24, 2.45) is 11.8 Å². The van der Waals surface area contributed by atoms with Gasteiger partial charge in [0, 0.05) is 24.4 Å². The average Bonchev–Trinajstić information content (AvgIpc) is 2.64. The van der Waals surface area contributed by atoms with E-state index >= 15 is 0 Å². The number of nitrogens with one attached hydrogen (secondary N) is 1. The fraction of sp³-hybridized carbons (Fsp3) is 0.688. The lowest BCUT2D eigenvalue weighted by atomic mass is 9.81. The highest BCUT2D eigenvalue weighted by Gasteiger charge is 2.41. The SMILES string of the molecule is CCNC(Cc1ccncc1)C1C(C)OC(C)C1C. The van der Waals surface area contributed by atoms with Gasteiger partial charge in [0.05, 0.1) is 12.2 Å². The molecule has 2 rings (SSSR count). The van der Waals surface area contributed by atoms with Crippen molar-refractivity contribution in [3.05, 3.63) is 30.1 Å². The number of nitrogens with zero attached hydrogens (tertiary/aromatic N) is 1. The van der Waals surface area contributed by atoms with E-state index in [1.807, 2.05) is 12.4 Å². The molecule has 106 valence electrons. The lowest BCUT2D eigenvalue weighted by Crippen LogP contribution is -2.43. The van der Waals surface area contributed by atoms with Crippen molar-refractivity contribution >= 4 is 0 Å². The second-order valence-electron chi connectivity index (χ2n) is 5.71. The molecule has 0 radical (unpaired) electrons. The third-order valence-corrected chi connectivity index (χ3v) is 4.45. The van der Waals surface area contributed by atoms with E-state index in [0.29, 0.717) is 30.1 Å². The first kappa shape index (κ1) is 14.5. The van der Waals surface area contributed by atoms with Crippen LogP contribution in [0.1, 0.15) is 33.3 Å². The minimum atomic E-state index is 0.330. The van der Waals surface area contributed by atoms with Crippen LogP contribution in [0.25, 0.3) is 0 Å². The number of hydrogen-bond acceptors (Lipinski definition) is 3. The lowest BCUT2D eigenvalue weighted by molar-refractivity contribution is 0.0476. The molecule has 0 amide bonds. The fourth-order valence-electron chi connectivity index (χ4n) is 3.37. The Kier molecular flexibility index (Phi) is 4.94. The Balaban J connectivity index is 2.11. The van der Waals surface area contributed by atoms with Crippen molar-refractivity contribution in [2.75, 3.05) is 6.54 Å². The third-order valence-electron chi connectivity index (χ3n) is 4.45. The van der Waals surface area contributed by atoms with Crippen molar-refractivity contribution < 1.29 is 4.74 Å². The Morgan fingerprint density at radius 2 is 1.89 bits per heavy atom. The van der Waals surface area contributed by atoms with E-state index in [4.69, 9.17) is 4.74 Å². The molecule has 19 heavy (non-hydrogen) atoms. The van der Waals surface area contributed by atoms with E-state index in [1.54, 1.807) is 0 Å². The van der Waals surface area contributed by atoms with Crippen LogP contribution in [0.15, 0.2) is 24.5 Å². The number of likely N-dealkylation sites (N-methyl/N-ethyl adjacent to an activating group) is 1. The van der Waals surface area contributed by atoms with Gasteiger partial charge in [0.15, 0.2) is 0 Å². The molecule has 1 aliphatic heterocycles. The maximum absolute atomic E-state index is 6.00. The van der Waals surface area contributed by atoms with Crippen LogP contribution in [0.3, 0.4) is 0 Å². The second-order valence-corrected chi connectivity index (χ2v) is 5.71. The Morgan fingerprint density at radius 1 is 1.21 bits per heavy atom. The summed E-state index contributed by atoms with van der Waals surface area (Å²) in [6.07, 6.45) is 5.48. The summed E-state index contributed by atoms with van der Waals surface area (Å²) in [5.74, 6) is 1.17. The summed E-state index contributed by atoms with van der Waals surface area (Å²) in [5.41, 5.74) is 1.35. The highest BCUT2D eigenvalue weighted by molar-refractivity contribution is 5.12. The Labute approximate surface area is 116 Å². The van der Waals surface area contributed by atoms with Crippen molar-refractivity contribution in [3.8, 4) is 0 Å². The Hall–Kier alpha value is -0.930. The van der Waals surface area contributed by atoms with Crippen LogP contribution >= 0.6 is 0 Å². The summed E-state index contributed by atoms with van der Waals surface area (Å²) >= 11 is 0. The van der Waals surface area contributed by atoms with Crippen LogP contribution in [0, 0.1) is 11.8 Å². The van der Waals surface area contributed by atoms with Gasteiger partial charge in [-0.05, 0) is 50.4 Å². The molecule has 1 fully saturated rings. The smallest absolute Gasteiger partial charge is 0.0597 e. The molecule has 0 bridgehead atoms. The monoisotopic (exact) mass is 262 g/mol. The molecule has 3 nitrogen and oxygen atoms in total. The topological polar surface area (TPSA) is 34.2 Å². The quantitative estimate of drug-likeness (QED) is 0.886. The predicted molar refractivity (Wildman–Crippen MR) is 78.1 cm³/mol. The first-order valence-corrected chi connectivity index (χ1v) is 7.41. The van der Waals surface area contributed by atoms with Gasteiger partial charge in [0.2, 0.25) is 0 Å². The maximum Gasteiger partial charge on any atom is 0.0597 e. The molecule has 0 spiro atoms. The molecule has 0 aromatic carbocycles. The van der Waals surface area contributed by atoms with Gasteiger partial charge < -0.3 is 10.1 Å². The highest BCUT2D eigenvalue weighted by Crippen LogP contribution is 2.35. The fourth-order valence-corrected chi connectivity index (χ4v) is 3.37. The van der Waals surface area contributed by atoms with Crippen molar-refractivity contribution in [1.29, 1.82) is 0 Å². The zero-order valence-electron chi connectivity index (χ0n) is 12.5. The molecular formula is C16H26N2O. The Morgan fingerprint density at radius 3 is 2.42 bits per heavy atom. The summed E-state index contributed by atoms with van der Waals surface area (Å²) in [6, 6.07) is 4.69. The van der Waals surface area contributed by atoms with Gasteiger partial charge in [-0.15, -0.1) is 0 Å². The molecule has 0 aliphatic carbocycles. The van der Waals surface area contributed by atoms with E-state index in [2.05, 4.69) is 50.1 Å². The number of aromatic nitrogens is 1. The first-order valence-electron chi connectivity index (χ1n) is 7.41. The molecular weight excluding hydrogens is 236 g/mol. The van der Waals surface area contributed by atoms with Crippen LogP contribution in [0.5, 0.6) is 0 Å². The largest absolute Gasteiger partial charge is 0.375 e. The number of hydrogen-bond donors (Lipinski definition) is 1. The van der Waals surface area contributed by atoms with Crippen LogP contribution in [0.2, 0.25) is 0 Å². The van der Waals surface area contributed by atoms with Gasteiger partial charge in [-0.2, -0.15) is 0 Å². The van der Waals surface area contributed by atoms with E-state index in [9.17, 15) is 0 Å². The van der Waals surface area contributed by atoms with Crippen molar-refractivity contribution in [2.45, 2.75) is 52.4 Å². The lowest BCUT2D eigenvalue weighted by Gasteiger charge is -2.29. The highest BCUT2D eigenvalue weighted by atomic mass is 16.5. The van der Waals surface area contributed by atoms with Crippen molar-refractivity contribution in [3.63, 3.8) is 0 Å². The van der Waals surface area contributed by atoms with Gasteiger partial charge in [0.25, 0.3) is 0 Å². The van der Waals surface area contributed by atoms with Gasteiger partial charge in [-0.1, -0.05) is 13.8 Å². The average molecular weight is 262 g/mol. The summed E-state index contributed by atoms with van der Waals surface area (Å²) < 4.78 is 6.00. The first-order chi connectivity index (χ1) is 9.13. The summed E-state index contributed by atoms with van der Waals surface area (Å²) in [7, 11) is 0. The normalized spacial score (nSPS) is 32.4. The zero-order valence-corrected chi connectivity index (χ0v) is 12.5. The van der Waals surface area contributed by atoms with Gasteiger partial charge >= 0.3 is 0 Å². The van der Waals surface area contributed by atoms with E-state index < -0.39 is 0 Å². The molecule has 2 heterocycles. The molecule has 5 atom stereocenters. The van der Waals surface area contributed by atoms with Crippen LogP contribution in [-0.4, -0.2) is 29.8 Å². The van der Waals surface area contributed by atoms with Gasteiger partial charge in [-0.25, -0.2) is 0 Å². The number of rotatable bonds is 5. The number of pyridine rings is 1. The Bertz CT molecular complexity index is 382. The minimum absolute atomic E-state index is 0.330. The molecule has 1 aromatic heterocycles. The zero-order chi connectivity index (χ0) is 13.8. The van der Waals surface area contributed by atoms with Crippen LogP contribution < -0.4 is 5.32 Å². The summed E-state index contributed by atoms with van der Waals surface area (Å²) in [4.78, 5) is 4.09. The second kappa shape index (κ2) is 6.49. The minimum Gasteiger partial charge on any atom is -0.375 e. The van der Waals surface area contributed by atoms with E-state index in [-0.39, 0.29) is 0 Å². The molecule has 1 N–H and O–H groups in total. The number of ether oxygens (including phenoxy) is 1. The molecule has 1 aliphatic rings. The van der Waals surface area contributed by atoms with E-state index in [1.165, 1.54) is 5.56 Å². The predicted octanol–water partition coefficient (Wildman–Crippen LogP) is 2.66. The van der Waals surface area contributed by atoms with E-state index in [0.717, 1.165) is 13.0 Å².